The van der Waals surface area contributed by atoms with Gasteiger partial charge in [0, 0.05) is 28.3 Å². The van der Waals surface area contributed by atoms with Gasteiger partial charge in [0.2, 0.25) is 0 Å². The molecule has 0 fully saturated rings. The van der Waals surface area contributed by atoms with Crippen LogP contribution in [-0.4, -0.2) is 22.2 Å². The third kappa shape index (κ3) is 4.27. The second-order valence-electron chi connectivity index (χ2n) is 4.33. The normalized spacial score (nSPS) is 10.7. The Kier molecular flexibility index (Phi) is 5.30. The SMILES string of the molecule is O=C(NN=Cc1cc(Cl)cc(Br)c1O)c1ccc([N+](=O)[O-])cc1. The van der Waals surface area contributed by atoms with E-state index in [2.05, 4.69) is 26.5 Å². The molecule has 0 aromatic heterocycles. The number of amides is 1. The van der Waals surface area contributed by atoms with Crippen LogP contribution in [0.25, 0.3) is 0 Å². The summed E-state index contributed by atoms with van der Waals surface area (Å²) in [5.74, 6) is -0.612. The highest BCUT2D eigenvalue weighted by molar-refractivity contribution is 9.10. The van der Waals surface area contributed by atoms with Crippen LogP contribution in [-0.2, 0) is 0 Å². The van der Waals surface area contributed by atoms with E-state index < -0.39 is 10.8 Å². The highest BCUT2D eigenvalue weighted by Gasteiger charge is 2.09. The Bertz CT molecular complexity index is 793. The molecule has 0 unspecified atom stereocenters. The summed E-state index contributed by atoms with van der Waals surface area (Å²) in [6.07, 6.45) is 1.23. The van der Waals surface area contributed by atoms with Crippen molar-refractivity contribution in [2.45, 2.75) is 0 Å². The minimum atomic E-state index is -0.556. The smallest absolute Gasteiger partial charge is 0.271 e. The van der Waals surface area contributed by atoms with E-state index in [0.717, 1.165) is 0 Å². The molecule has 2 aromatic carbocycles. The van der Waals surface area contributed by atoms with Crippen LogP contribution >= 0.6 is 27.5 Å². The fourth-order valence-electron chi connectivity index (χ4n) is 1.64. The van der Waals surface area contributed by atoms with Gasteiger partial charge in [-0.2, -0.15) is 5.10 Å². The van der Waals surface area contributed by atoms with Crippen LogP contribution in [0.4, 0.5) is 5.69 Å². The van der Waals surface area contributed by atoms with Gasteiger partial charge in [-0.3, -0.25) is 14.9 Å². The number of hydrogen-bond acceptors (Lipinski definition) is 5. The number of carbonyl (C=O) groups is 1. The number of carbonyl (C=O) groups excluding carboxylic acids is 1. The average molecular weight is 399 g/mol. The van der Waals surface area contributed by atoms with Gasteiger partial charge in [0.25, 0.3) is 11.6 Å². The molecular weight excluding hydrogens is 390 g/mol. The van der Waals surface area contributed by atoms with E-state index in [1.807, 2.05) is 0 Å². The Morgan fingerprint density at radius 1 is 1.35 bits per heavy atom. The van der Waals surface area contributed by atoms with Crippen molar-refractivity contribution in [3.63, 3.8) is 0 Å². The number of non-ortho nitro benzene ring substituents is 1. The molecule has 0 atom stereocenters. The number of halogens is 2. The zero-order valence-corrected chi connectivity index (χ0v) is 13.7. The molecule has 0 bridgehead atoms. The highest BCUT2D eigenvalue weighted by Crippen LogP contribution is 2.30. The van der Waals surface area contributed by atoms with Gasteiger partial charge in [0.05, 0.1) is 15.6 Å². The van der Waals surface area contributed by atoms with Crippen molar-refractivity contribution in [3.8, 4) is 5.75 Å². The van der Waals surface area contributed by atoms with Gasteiger partial charge in [-0.15, -0.1) is 0 Å². The van der Waals surface area contributed by atoms with Gasteiger partial charge >= 0.3 is 0 Å². The number of phenols is 1. The van der Waals surface area contributed by atoms with E-state index in [-0.39, 0.29) is 17.0 Å². The molecule has 2 rings (SSSR count). The predicted molar refractivity (Wildman–Crippen MR) is 89.0 cm³/mol. The lowest BCUT2D eigenvalue weighted by Gasteiger charge is -2.03. The second kappa shape index (κ2) is 7.21. The highest BCUT2D eigenvalue weighted by atomic mass is 79.9. The number of hydrazone groups is 1. The first-order chi connectivity index (χ1) is 10.9. The number of hydrogen-bond donors (Lipinski definition) is 2. The first-order valence-corrected chi connectivity index (χ1v) is 7.31. The van der Waals surface area contributed by atoms with Crippen LogP contribution in [0.1, 0.15) is 15.9 Å². The number of nitrogens with zero attached hydrogens (tertiary/aromatic N) is 2. The maximum absolute atomic E-state index is 11.8. The third-order valence-electron chi connectivity index (χ3n) is 2.77. The number of aromatic hydroxyl groups is 1. The minimum absolute atomic E-state index is 0.0669. The Balaban J connectivity index is 2.08. The van der Waals surface area contributed by atoms with E-state index in [1.54, 1.807) is 0 Å². The first kappa shape index (κ1) is 16.9. The molecule has 118 valence electrons. The van der Waals surface area contributed by atoms with E-state index in [9.17, 15) is 20.0 Å². The van der Waals surface area contributed by atoms with Crippen molar-refractivity contribution in [1.29, 1.82) is 0 Å². The molecule has 7 nitrogen and oxygen atoms in total. The molecule has 0 radical (unpaired) electrons. The summed E-state index contributed by atoms with van der Waals surface area (Å²) in [5.41, 5.74) is 2.67. The Morgan fingerprint density at radius 3 is 2.61 bits per heavy atom. The van der Waals surface area contributed by atoms with Crippen LogP contribution in [0.15, 0.2) is 46.0 Å². The molecule has 0 aliphatic rings. The third-order valence-corrected chi connectivity index (χ3v) is 3.59. The molecule has 0 heterocycles. The van der Waals surface area contributed by atoms with Crippen LogP contribution in [0, 0.1) is 10.1 Å². The minimum Gasteiger partial charge on any atom is -0.506 e. The largest absolute Gasteiger partial charge is 0.506 e. The summed E-state index contributed by atoms with van der Waals surface area (Å²) in [5, 5.41) is 24.5. The molecule has 0 aliphatic carbocycles. The van der Waals surface area contributed by atoms with Crippen molar-refractivity contribution in [2.24, 2.45) is 5.10 Å². The molecule has 23 heavy (non-hydrogen) atoms. The number of phenolic OH excluding ortho intramolecular Hbond substituents is 1. The number of nitro groups is 1. The monoisotopic (exact) mass is 397 g/mol. The van der Waals surface area contributed by atoms with E-state index in [4.69, 9.17) is 11.6 Å². The van der Waals surface area contributed by atoms with Crippen molar-refractivity contribution in [2.75, 3.05) is 0 Å². The van der Waals surface area contributed by atoms with Crippen molar-refractivity contribution in [3.05, 3.63) is 67.1 Å². The lowest BCUT2D eigenvalue weighted by atomic mass is 10.2. The molecule has 0 spiro atoms. The second-order valence-corrected chi connectivity index (χ2v) is 5.62. The maximum Gasteiger partial charge on any atom is 0.271 e. The van der Waals surface area contributed by atoms with Crippen molar-refractivity contribution in [1.82, 2.24) is 5.43 Å². The van der Waals surface area contributed by atoms with E-state index in [0.29, 0.717) is 15.1 Å². The van der Waals surface area contributed by atoms with Crippen molar-refractivity contribution < 1.29 is 14.8 Å². The number of nitro benzene ring substituents is 1. The molecular formula is C14H9BrClN3O4. The topological polar surface area (TPSA) is 105 Å². The maximum atomic E-state index is 11.8. The molecule has 1 amide bonds. The first-order valence-electron chi connectivity index (χ1n) is 6.14. The average Bonchev–Trinajstić information content (AvgIpc) is 2.51. The molecule has 9 heteroatoms. The fraction of sp³-hybridized carbons (Fsp3) is 0. The Morgan fingerprint density at radius 2 is 2.00 bits per heavy atom. The van der Waals surface area contributed by atoms with Crippen LogP contribution in [0.3, 0.4) is 0 Å². The van der Waals surface area contributed by atoms with Crippen molar-refractivity contribution >= 4 is 45.3 Å². The van der Waals surface area contributed by atoms with Gasteiger partial charge in [0.15, 0.2) is 0 Å². The molecule has 2 aromatic rings. The lowest BCUT2D eigenvalue weighted by molar-refractivity contribution is -0.384. The predicted octanol–water partition coefficient (Wildman–Crippen LogP) is 3.48. The van der Waals surface area contributed by atoms with Gasteiger partial charge in [-0.05, 0) is 40.2 Å². The quantitative estimate of drug-likeness (QED) is 0.467. The van der Waals surface area contributed by atoms with Gasteiger partial charge < -0.3 is 5.11 Å². The van der Waals surface area contributed by atoms with Gasteiger partial charge in [0.1, 0.15) is 5.75 Å². The van der Waals surface area contributed by atoms with Gasteiger partial charge in [-0.1, -0.05) is 11.6 Å². The summed E-state index contributed by atoms with van der Waals surface area (Å²) in [6, 6.07) is 8.07. The fourth-order valence-corrected chi connectivity index (χ4v) is 2.48. The summed E-state index contributed by atoms with van der Waals surface area (Å²) >= 11 is 8.99. The number of rotatable bonds is 4. The standard InChI is InChI=1S/C14H9BrClN3O4/c15-12-6-10(16)5-9(13(12)20)7-17-18-14(21)8-1-3-11(4-2-8)19(22)23/h1-7,20H,(H,18,21). The molecule has 2 N–H and O–H groups in total. The van der Waals surface area contributed by atoms with Crippen LogP contribution in [0.5, 0.6) is 5.75 Å². The van der Waals surface area contributed by atoms with Crippen LogP contribution < -0.4 is 5.43 Å². The van der Waals surface area contributed by atoms with Gasteiger partial charge in [-0.25, -0.2) is 5.43 Å². The summed E-state index contributed by atoms with van der Waals surface area (Å²) in [4.78, 5) is 21.8. The Hall–Kier alpha value is -2.45. The zero-order valence-electron chi connectivity index (χ0n) is 11.4. The van der Waals surface area contributed by atoms with E-state index >= 15 is 0 Å². The molecule has 0 aliphatic heterocycles. The summed E-state index contributed by atoms with van der Waals surface area (Å²) in [6.45, 7) is 0. The molecule has 0 saturated carbocycles. The Labute approximate surface area is 143 Å². The number of benzene rings is 2. The number of nitrogens with one attached hydrogen (secondary N) is 1. The zero-order chi connectivity index (χ0) is 17.0. The summed E-state index contributed by atoms with van der Waals surface area (Å²) in [7, 11) is 0. The van der Waals surface area contributed by atoms with E-state index in [1.165, 1.54) is 42.6 Å². The van der Waals surface area contributed by atoms with Crippen LogP contribution in [0.2, 0.25) is 5.02 Å². The lowest BCUT2D eigenvalue weighted by Crippen LogP contribution is -2.17. The summed E-state index contributed by atoms with van der Waals surface area (Å²) < 4.78 is 0.396. The molecule has 0 saturated heterocycles.